The summed E-state index contributed by atoms with van der Waals surface area (Å²) in [6, 6.07) is 53.1. The molecule has 2 saturated heterocycles. The minimum absolute atomic E-state index is 0.0956. The van der Waals surface area contributed by atoms with Crippen LogP contribution in [0.2, 0.25) is 0 Å². The molecule has 0 aromatic heterocycles. The Bertz CT molecular complexity index is 2730. The van der Waals surface area contributed by atoms with Gasteiger partial charge in [-0.3, -0.25) is 9.59 Å². The molecular formula is C69H78N4O9. The van der Waals surface area contributed by atoms with E-state index in [1.165, 1.54) is 12.2 Å². The maximum Gasteiger partial charge on any atom is 0.508 e. The SMILES string of the molecule is COc1cc(/C=C/C=C/C(=O)NCCN2CCC(OC(c3ccccc3)c3ccccc3)CC2)ccc1CCOC(=O)OCCc1ccc(/C=C/C=C/C(=O)NCCN2CCC(OC(c3ccccc3)c3ccccc3)CC2)cc1OC. The van der Waals surface area contributed by atoms with Crippen LogP contribution in [-0.2, 0) is 41.4 Å². The van der Waals surface area contributed by atoms with Gasteiger partial charge in [0.15, 0.2) is 0 Å². The van der Waals surface area contributed by atoms with Crippen molar-refractivity contribution in [2.75, 3.05) is 79.8 Å². The Hall–Kier alpha value is -8.07. The van der Waals surface area contributed by atoms with E-state index in [1.807, 2.05) is 85.0 Å². The van der Waals surface area contributed by atoms with Crippen molar-refractivity contribution in [1.29, 1.82) is 0 Å². The van der Waals surface area contributed by atoms with Gasteiger partial charge in [0.1, 0.15) is 23.7 Å². The zero-order chi connectivity index (χ0) is 57.0. The molecular weight excluding hydrogens is 1030 g/mol. The number of likely N-dealkylation sites (tertiary alicyclic amines) is 2. The molecule has 8 rings (SSSR count). The number of amides is 2. The first-order chi connectivity index (χ1) is 40.3. The molecule has 0 atom stereocenters. The van der Waals surface area contributed by atoms with Crippen LogP contribution in [0.25, 0.3) is 12.2 Å². The number of nitrogens with zero attached hydrogens (tertiary/aromatic N) is 2. The molecule has 2 amide bonds. The molecule has 2 aliphatic heterocycles. The summed E-state index contributed by atoms with van der Waals surface area (Å²) in [4.78, 5) is 42.4. The van der Waals surface area contributed by atoms with E-state index in [0.717, 1.165) is 109 Å². The van der Waals surface area contributed by atoms with Gasteiger partial charge in [-0.15, -0.1) is 0 Å². The number of carbonyl (C=O) groups is 3. The van der Waals surface area contributed by atoms with E-state index in [9.17, 15) is 14.4 Å². The molecule has 2 heterocycles. The third kappa shape index (κ3) is 19.6. The zero-order valence-electron chi connectivity index (χ0n) is 47.3. The molecule has 6 aromatic carbocycles. The third-order valence-electron chi connectivity index (χ3n) is 14.7. The highest BCUT2D eigenvalue weighted by atomic mass is 16.7. The van der Waals surface area contributed by atoms with E-state index >= 15 is 0 Å². The lowest BCUT2D eigenvalue weighted by Gasteiger charge is -2.34. The second-order valence-electron chi connectivity index (χ2n) is 20.4. The predicted molar refractivity (Wildman–Crippen MR) is 324 cm³/mol. The molecule has 0 unspecified atom stereocenters. The van der Waals surface area contributed by atoms with Crippen LogP contribution >= 0.6 is 0 Å². The molecule has 0 aliphatic carbocycles. The number of nitrogens with one attached hydrogen (secondary N) is 2. The molecule has 428 valence electrons. The lowest BCUT2D eigenvalue weighted by Crippen LogP contribution is -2.41. The highest BCUT2D eigenvalue weighted by Crippen LogP contribution is 2.32. The minimum atomic E-state index is -0.756. The van der Waals surface area contributed by atoms with Crippen LogP contribution in [0.4, 0.5) is 4.79 Å². The quantitative estimate of drug-likeness (QED) is 0.0276. The standard InChI is InChI=1S/C69H78N4O9/c1-77-63-51-53(19-15-17-29-65(74)70-41-47-72-43-35-61(36-44-72)81-67(57-21-7-3-8-22-57)58-23-9-4-10-24-58)31-33-55(63)39-49-79-69(76)80-50-40-56-34-32-54(52-64(56)78-2)20-16-18-30-66(75)71-42-48-73-45-37-62(38-46-73)82-68(59-25-11-5-12-26-59)60-27-13-6-14-28-60/h3-34,51-52,61-62,67-68H,35-50H2,1-2H3,(H,70,74)(H,71,75)/b19-15+,20-16+,29-17+,30-18+. The minimum Gasteiger partial charge on any atom is -0.496 e. The molecule has 13 heteroatoms. The topological polar surface area (TPSA) is 137 Å². The zero-order valence-corrected chi connectivity index (χ0v) is 47.3. The average Bonchev–Trinajstić information content (AvgIpc) is 3.63. The van der Waals surface area contributed by atoms with Gasteiger partial charge in [-0.1, -0.05) is 182 Å². The van der Waals surface area contributed by atoms with E-state index in [4.69, 9.17) is 28.4 Å². The van der Waals surface area contributed by atoms with Crippen molar-refractivity contribution in [3.63, 3.8) is 0 Å². The Morgan fingerprint density at radius 3 is 1.18 bits per heavy atom. The van der Waals surface area contributed by atoms with Crippen LogP contribution in [0.15, 0.2) is 194 Å². The average molecular weight is 1110 g/mol. The number of hydrogen-bond acceptors (Lipinski definition) is 11. The molecule has 82 heavy (non-hydrogen) atoms. The van der Waals surface area contributed by atoms with Gasteiger partial charge in [-0.2, -0.15) is 0 Å². The van der Waals surface area contributed by atoms with Crippen LogP contribution < -0.4 is 20.1 Å². The predicted octanol–water partition coefficient (Wildman–Crippen LogP) is 11.6. The maximum atomic E-state index is 12.6. The molecule has 0 saturated carbocycles. The first-order valence-electron chi connectivity index (χ1n) is 28.6. The Balaban J connectivity index is 0.662. The maximum absolute atomic E-state index is 12.6. The monoisotopic (exact) mass is 1110 g/mol. The number of ether oxygens (including phenoxy) is 6. The number of allylic oxidation sites excluding steroid dienone is 4. The largest absolute Gasteiger partial charge is 0.508 e. The second-order valence-corrected chi connectivity index (χ2v) is 20.4. The van der Waals surface area contributed by atoms with E-state index in [1.54, 1.807) is 26.4 Å². The van der Waals surface area contributed by atoms with E-state index in [-0.39, 0.29) is 49.4 Å². The summed E-state index contributed by atoms with van der Waals surface area (Å²) in [5, 5.41) is 6.00. The lowest BCUT2D eigenvalue weighted by atomic mass is 10.00. The summed E-state index contributed by atoms with van der Waals surface area (Å²) in [5.41, 5.74) is 8.18. The number of methoxy groups -OCH3 is 2. The normalized spacial score (nSPS) is 14.8. The number of carbonyl (C=O) groups excluding carboxylic acids is 3. The molecule has 2 aliphatic rings. The van der Waals surface area contributed by atoms with Crippen LogP contribution in [0.3, 0.4) is 0 Å². The Kier molecular flexibility index (Phi) is 24.2. The van der Waals surface area contributed by atoms with Gasteiger partial charge in [-0.05, 0) is 82.3 Å². The summed E-state index contributed by atoms with van der Waals surface area (Å²) < 4.78 is 35.5. The first kappa shape index (κ1) is 60.0. The summed E-state index contributed by atoms with van der Waals surface area (Å²) in [5.74, 6) is 1.03. The first-order valence-corrected chi connectivity index (χ1v) is 28.6. The van der Waals surface area contributed by atoms with Crippen LogP contribution in [-0.4, -0.2) is 120 Å². The molecule has 2 N–H and O–H groups in total. The van der Waals surface area contributed by atoms with E-state index < -0.39 is 6.16 Å². The summed E-state index contributed by atoms with van der Waals surface area (Å²) >= 11 is 0. The summed E-state index contributed by atoms with van der Waals surface area (Å²) in [6.45, 7) is 6.59. The Labute approximate surface area is 484 Å². The van der Waals surface area contributed by atoms with Crippen molar-refractivity contribution in [1.82, 2.24) is 20.4 Å². The van der Waals surface area contributed by atoms with Crippen molar-refractivity contribution >= 4 is 30.1 Å². The number of rotatable bonds is 28. The van der Waals surface area contributed by atoms with Crippen LogP contribution in [0.5, 0.6) is 11.5 Å². The van der Waals surface area contributed by atoms with Gasteiger partial charge in [0.2, 0.25) is 11.8 Å². The van der Waals surface area contributed by atoms with Crippen molar-refractivity contribution in [2.24, 2.45) is 0 Å². The fourth-order valence-electron chi connectivity index (χ4n) is 10.2. The van der Waals surface area contributed by atoms with Gasteiger partial charge in [0.25, 0.3) is 0 Å². The molecule has 0 bridgehead atoms. The van der Waals surface area contributed by atoms with Gasteiger partial charge in [0.05, 0.1) is 39.6 Å². The van der Waals surface area contributed by atoms with Gasteiger partial charge in [0, 0.05) is 77.4 Å². The molecule has 2 fully saturated rings. The van der Waals surface area contributed by atoms with Crippen LogP contribution in [0, 0.1) is 0 Å². The smallest absolute Gasteiger partial charge is 0.496 e. The Morgan fingerprint density at radius 2 is 0.841 bits per heavy atom. The van der Waals surface area contributed by atoms with Crippen molar-refractivity contribution < 1.29 is 42.8 Å². The van der Waals surface area contributed by atoms with Crippen molar-refractivity contribution in [3.8, 4) is 11.5 Å². The fraction of sp³-hybridized carbons (Fsp3) is 0.319. The van der Waals surface area contributed by atoms with Gasteiger partial charge < -0.3 is 48.9 Å². The highest BCUT2D eigenvalue weighted by molar-refractivity contribution is 5.88. The van der Waals surface area contributed by atoms with Gasteiger partial charge in [-0.25, -0.2) is 4.79 Å². The number of piperidine rings is 2. The van der Waals surface area contributed by atoms with Gasteiger partial charge >= 0.3 is 6.16 Å². The molecule has 13 nitrogen and oxygen atoms in total. The van der Waals surface area contributed by atoms with E-state index in [2.05, 4.69) is 117 Å². The second kappa shape index (κ2) is 33.0. The summed E-state index contributed by atoms with van der Waals surface area (Å²) in [7, 11) is 3.20. The number of benzene rings is 6. The fourth-order valence-corrected chi connectivity index (χ4v) is 10.2. The van der Waals surface area contributed by atoms with Crippen molar-refractivity contribution in [3.05, 3.63) is 239 Å². The molecule has 0 radical (unpaired) electrons. The molecule has 6 aromatic rings. The third-order valence-corrected chi connectivity index (χ3v) is 14.7. The summed E-state index contributed by atoms with van der Waals surface area (Å²) in [6.07, 6.45) is 17.9. The lowest BCUT2D eigenvalue weighted by molar-refractivity contribution is -0.117. The molecule has 0 spiro atoms. The number of hydrogen-bond donors (Lipinski definition) is 2. The highest BCUT2D eigenvalue weighted by Gasteiger charge is 2.26. The van der Waals surface area contributed by atoms with E-state index in [0.29, 0.717) is 37.4 Å². The Morgan fingerprint density at radius 1 is 0.488 bits per heavy atom. The van der Waals surface area contributed by atoms with Crippen LogP contribution in [0.1, 0.15) is 82.4 Å². The van der Waals surface area contributed by atoms with Crippen molar-refractivity contribution in [2.45, 2.75) is 62.9 Å².